The van der Waals surface area contributed by atoms with Gasteiger partial charge in [-0.3, -0.25) is 0 Å². The Morgan fingerprint density at radius 2 is 1.48 bits per heavy atom. The molecule has 2 nitrogen and oxygen atoms in total. The molecule has 1 atom stereocenters. The number of hydrogen-bond acceptors (Lipinski definition) is 2. The summed E-state index contributed by atoms with van der Waals surface area (Å²) in [5.41, 5.74) is 8.18. The van der Waals surface area contributed by atoms with Crippen molar-refractivity contribution in [3.63, 3.8) is 0 Å². The summed E-state index contributed by atoms with van der Waals surface area (Å²) in [5, 5.41) is 3.69. The molecule has 1 aliphatic rings. The van der Waals surface area contributed by atoms with E-state index in [4.69, 9.17) is 4.74 Å². The van der Waals surface area contributed by atoms with E-state index in [1.807, 2.05) is 0 Å². The number of benzene rings is 2. The maximum atomic E-state index is 6.24. The Morgan fingerprint density at radius 3 is 2.04 bits per heavy atom. The zero-order valence-corrected chi connectivity index (χ0v) is 18.0. The van der Waals surface area contributed by atoms with Crippen molar-refractivity contribution in [3.8, 4) is 0 Å². The second kappa shape index (κ2) is 10.3. The molecule has 1 fully saturated rings. The molecule has 3 heteroatoms. The second-order valence-electron chi connectivity index (χ2n) is 7.99. The standard InChI is InChI=1S/C24H33NO.ClH/c1-17-7-5-8-18(2)23(17)16-26-15-22(14-25-13-21-11-12-21)24-19(3)9-6-10-20(24)4;/h5-10,21-22,25H,11-16H2,1-4H3;1H. The molecule has 1 N–H and O–H groups in total. The average molecular weight is 388 g/mol. The lowest BCUT2D eigenvalue weighted by Crippen LogP contribution is -2.27. The molecule has 27 heavy (non-hydrogen) atoms. The monoisotopic (exact) mass is 387 g/mol. The predicted octanol–water partition coefficient (Wildman–Crippen LogP) is 5.64. The molecule has 0 spiro atoms. The van der Waals surface area contributed by atoms with Crippen molar-refractivity contribution in [3.05, 3.63) is 69.8 Å². The fraction of sp³-hybridized carbons (Fsp3) is 0.500. The highest BCUT2D eigenvalue weighted by Gasteiger charge is 2.22. The van der Waals surface area contributed by atoms with Gasteiger partial charge in [-0.2, -0.15) is 0 Å². The highest BCUT2D eigenvalue weighted by molar-refractivity contribution is 5.85. The number of ether oxygens (including phenoxy) is 1. The molecule has 0 aromatic heterocycles. The van der Waals surface area contributed by atoms with Gasteiger partial charge in [0.15, 0.2) is 0 Å². The Labute approximate surface area is 171 Å². The number of rotatable bonds is 9. The summed E-state index contributed by atoms with van der Waals surface area (Å²) in [5.74, 6) is 1.31. The van der Waals surface area contributed by atoms with E-state index in [1.165, 1.54) is 46.2 Å². The van der Waals surface area contributed by atoms with Crippen LogP contribution >= 0.6 is 12.4 Å². The molecule has 0 bridgehead atoms. The summed E-state index contributed by atoms with van der Waals surface area (Å²) < 4.78 is 6.24. The Bertz CT molecular complexity index is 699. The fourth-order valence-corrected chi connectivity index (χ4v) is 3.88. The predicted molar refractivity (Wildman–Crippen MR) is 117 cm³/mol. The molecule has 0 aliphatic heterocycles. The van der Waals surface area contributed by atoms with Crippen molar-refractivity contribution in [2.24, 2.45) is 5.92 Å². The lowest BCUT2D eigenvalue weighted by Gasteiger charge is -2.23. The van der Waals surface area contributed by atoms with E-state index in [9.17, 15) is 0 Å². The first-order valence-electron chi connectivity index (χ1n) is 9.96. The van der Waals surface area contributed by atoms with Gasteiger partial charge in [0, 0.05) is 12.5 Å². The number of nitrogens with one attached hydrogen (secondary N) is 1. The van der Waals surface area contributed by atoms with Gasteiger partial charge in [-0.05, 0) is 86.4 Å². The molecular formula is C24H34ClNO. The average Bonchev–Trinajstić information content (AvgIpc) is 3.41. The number of aryl methyl sites for hydroxylation is 4. The van der Waals surface area contributed by atoms with E-state index in [0.29, 0.717) is 12.5 Å². The zero-order chi connectivity index (χ0) is 18.5. The highest BCUT2D eigenvalue weighted by atomic mass is 35.5. The van der Waals surface area contributed by atoms with E-state index in [2.05, 4.69) is 69.4 Å². The Kier molecular flexibility index (Phi) is 8.34. The Hall–Kier alpha value is -1.35. The van der Waals surface area contributed by atoms with Gasteiger partial charge in [-0.15, -0.1) is 12.4 Å². The van der Waals surface area contributed by atoms with E-state index >= 15 is 0 Å². The summed E-state index contributed by atoms with van der Waals surface area (Å²) in [7, 11) is 0. The van der Waals surface area contributed by atoms with Gasteiger partial charge in [0.1, 0.15) is 0 Å². The van der Waals surface area contributed by atoms with Crippen LogP contribution in [0.3, 0.4) is 0 Å². The van der Waals surface area contributed by atoms with Crippen molar-refractivity contribution in [2.75, 3.05) is 19.7 Å². The molecule has 2 aromatic carbocycles. The lowest BCUT2D eigenvalue weighted by atomic mass is 9.91. The summed E-state index contributed by atoms with van der Waals surface area (Å²) in [6.07, 6.45) is 2.79. The van der Waals surface area contributed by atoms with Gasteiger partial charge >= 0.3 is 0 Å². The van der Waals surface area contributed by atoms with E-state index in [1.54, 1.807) is 0 Å². The van der Waals surface area contributed by atoms with Crippen molar-refractivity contribution >= 4 is 12.4 Å². The van der Waals surface area contributed by atoms with E-state index in [0.717, 1.165) is 25.6 Å². The van der Waals surface area contributed by atoms with Crippen molar-refractivity contribution in [1.82, 2.24) is 5.32 Å². The SMILES string of the molecule is Cc1cccc(C)c1COCC(CNCC1CC1)c1c(C)cccc1C.Cl. The van der Waals surface area contributed by atoms with Crippen LogP contribution in [0, 0.1) is 33.6 Å². The van der Waals surface area contributed by atoms with Crippen LogP contribution < -0.4 is 5.32 Å². The first-order valence-corrected chi connectivity index (χ1v) is 9.96. The van der Waals surface area contributed by atoms with Crippen LogP contribution in [0.4, 0.5) is 0 Å². The van der Waals surface area contributed by atoms with Crippen LogP contribution in [-0.4, -0.2) is 19.7 Å². The summed E-state index contributed by atoms with van der Waals surface area (Å²) >= 11 is 0. The molecule has 0 heterocycles. The van der Waals surface area contributed by atoms with Crippen LogP contribution in [0.2, 0.25) is 0 Å². The molecule has 0 amide bonds. The van der Waals surface area contributed by atoms with E-state index < -0.39 is 0 Å². The maximum Gasteiger partial charge on any atom is 0.0722 e. The van der Waals surface area contributed by atoms with Gasteiger partial charge in [-0.1, -0.05) is 36.4 Å². The number of hydrogen-bond donors (Lipinski definition) is 1. The Morgan fingerprint density at radius 1 is 0.926 bits per heavy atom. The van der Waals surface area contributed by atoms with Gasteiger partial charge in [0.2, 0.25) is 0 Å². The zero-order valence-electron chi connectivity index (χ0n) is 17.2. The van der Waals surface area contributed by atoms with Crippen molar-refractivity contribution in [2.45, 2.75) is 53.1 Å². The second-order valence-corrected chi connectivity index (χ2v) is 7.99. The normalized spacial score (nSPS) is 14.7. The summed E-state index contributed by atoms with van der Waals surface area (Å²) in [4.78, 5) is 0. The molecule has 3 rings (SSSR count). The van der Waals surface area contributed by atoms with E-state index in [-0.39, 0.29) is 12.4 Å². The molecule has 148 valence electrons. The molecule has 1 aliphatic carbocycles. The summed E-state index contributed by atoms with van der Waals surface area (Å²) in [6, 6.07) is 13.1. The minimum Gasteiger partial charge on any atom is -0.376 e. The quantitative estimate of drug-likeness (QED) is 0.600. The maximum absolute atomic E-state index is 6.24. The van der Waals surface area contributed by atoms with Gasteiger partial charge < -0.3 is 10.1 Å². The third-order valence-corrected chi connectivity index (χ3v) is 5.68. The van der Waals surface area contributed by atoms with Crippen molar-refractivity contribution < 1.29 is 4.74 Å². The third-order valence-electron chi connectivity index (χ3n) is 5.68. The van der Waals surface area contributed by atoms with Crippen LogP contribution in [0.5, 0.6) is 0 Å². The van der Waals surface area contributed by atoms with Crippen LogP contribution in [-0.2, 0) is 11.3 Å². The van der Waals surface area contributed by atoms with Crippen LogP contribution in [0.15, 0.2) is 36.4 Å². The van der Waals surface area contributed by atoms with Gasteiger partial charge in [-0.25, -0.2) is 0 Å². The van der Waals surface area contributed by atoms with Gasteiger partial charge in [0.05, 0.1) is 13.2 Å². The number of halogens is 1. The minimum atomic E-state index is 0. The first kappa shape index (κ1) is 21.9. The molecular weight excluding hydrogens is 354 g/mol. The molecule has 0 saturated heterocycles. The Balaban J connectivity index is 0.00000261. The highest BCUT2D eigenvalue weighted by Crippen LogP contribution is 2.29. The fourth-order valence-electron chi connectivity index (χ4n) is 3.88. The molecule has 2 aromatic rings. The largest absolute Gasteiger partial charge is 0.376 e. The smallest absolute Gasteiger partial charge is 0.0722 e. The van der Waals surface area contributed by atoms with Crippen LogP contribution in [0.1, 0.15) is 52.1 Å². The molecule has 1 saturated carbocycles. The van der Waals surface area contributed by atoms with Gasteiger partial charge in [0.25, 0.3) is 0 Å². The minimum absolute atomic E-state index is 0. The first-order chi connectivity index (χ1) is 12.6. The molecule has 0 radical (unpaired) electrons. The summed E-state index contributed by atoms with van der Waals surface area (Å²) in [6.45, 7) is 12.4. The lowest BCUT2D eigenvalue weighted by molar-refractivity contribution is 0.105. The third kappa shape index (κ3) is 6.07. The topological polar surface area (TPSA) is 21.3 Å². The molecule has 1 unspecified atom stereocenters. The van der Waals surface area contributed by atoms with Crippen LogP contribution in [0.25, 0.3) is 0 Å². The van der Waals surface area contributed by atoms with Crippen molar-refractivity contribution in [1.29, 1.82) is 0 Å².